The molecule has 0 spiro atoms. The first-order valence-corrected chi connectivity index (χ1v) is 8.47. The van der Waals surface area contributed by atoms with Gasteiger partial charge in [-0.2, -0.15) is 13.2 Å². The molecule has 1 fully saturated rings. The number of nitrogens with zero attached hydrogens (tertiary/aromatic N) is 1. The second-order valence-corrected chi connectivity index (χ2v) is 6.51. The quantitative estimate of drug-likeness (QED) is 0.802. The number of halogens is 3. The fourth-order valence-electron chi connectivity index (χ4n) is 2.21. The number of rotatable bonds is 6. The molecule has 9 heteroatoms. The van der Waals surface area contributed by atoms with Gasteiger partial charge in [-0.25, -0.2) is 0 Å². The van der Waals surface area contributed by atoms with Crippen molar-refractivity contribution in [1.29, 1.82) is 0 Å². The molecule has 5 nitrogen and oxygen atoms in total. The number of carbonyl (C=O) groups excluding carboxylic acids is 1. The maximum Gasteiger partial charge on any atom is 0.416 e. The van der Waals surface area contributed by atoms with Crippen molar-refractivity contribution in [3.8, 4) is 5.75 Å². The number of alkyl halides is 3. The summed E-state index contributed by atoms with van der Waals surface area (Å²) in [5.74, 6) is 1.55. The highest BCUT2D eigenvalue weighted by atomic mass is 32.2. The Morgan fingerprint density at radius 3 is 2.67 bits per heavy atom. The first kappa shape index (κ1) is 18.9. The molecule has 1 aromatic rings. The van der Waals surface area contributed by atoms with Crippen molar-refractivity contribution in [1.82, 2.24) is 10.2 Å². The van der Waals surface area contributed by atoms with Gasteiger partial charge >= 0.3 is 6.18 Å². The Morgan fingerprint density at radius 2 is 2.12 bits per heavy atom. The van der Waals surface area contributed by atoms with Crippen LogP contribution in [0.5, 0.6) is 5.75 Å². The summed E-state index contributed by atoms with van der Waals surface area (Å²) in [5.41, 5.74) is -0.761. The molecular weight excluding hydrogens is 345 g/mol. The maximum absolute atomic E-state index is 12.5. The monoisotopic (exact) mass is 364 g/mol. The molecule has 1 heterocycles. The molecule has 1 aliphatic heterocycles. The van der Waals surface area contributed by atoms with Gasteiger partial charge < -0.3 is 14.7 Å². The largest absolute Gasteiger partial charge is 0.491 e. The summed E-state index contributed by atoms with van der Waals surface area (Å²) in [4.78, 5) is 13.5. The number of nitrogens with one attached hydrogen (secondary N) is 1. The molecule has 2 atom stereocenters. The Hall–Kier alpha value is -1.45. The Bertz CT molecular complexity index is 548. The van der Waals surface area contributed by atoms with Gasteiger partial charge in [0.1, 0.15) is 18.5 Å². The van der Waals surface area contributed by atoms with Crippen LogP contribution in [0.25, 0.3) is 0 Å². The average molecular weight is 364 g/mol. The van der Waals surface area contributed by atoms with Gasteiger partial charge in [-0.15, -0.1) is 11.8 Å². The van der Waals surface area contributed by atoms with E-state index < -0.39 is 17.8 Å². The molecule has 0 radical (unpaired) electrons. The molecule has 0 aromatic heterocycles. The van der Waals surface area contributed by atoms with E-state index in [9.17, 15) is 23.1 Å². The number of aliphatic hydroxyl groups is 1. The smallest absolute Gasteiger partial charge is 0.416 e. The van der Waals surface area contributed by atoms with E-state index in [1.54, 1.807) is 18.8 Å². The lowest BCUT2D eigenvalue weighted by atomic mass is 10.2. The zero-order valence-corrected chi connectivity index (χ0v) is 13.9. The van der Waals surface area contributed by atoms with Gasteiger partial charge in [0.05, 0.1) is 11.6 Å². The minimum Gasteiger partial charge on any atom is -0.491 e. The van der Waals surface area contributed by atoms with Crippen LogP contribution in [-0.4, -0.2) is 59.9 Å². The summed E-state index contributed by atoms with van der Waals surface area (Å²) in [6.45, 7) is -0.0296. The molecule has 0 saturated carbocycles. The van der Waals surface area contributed by atoms with Crippen LogP contribution in [0.4, 0.5) is 13.2 Å². The van der Waals surface area contributed by atoms with Crippen molar-refractivity contribution in [2.24, 2.45) is 0 Å². The Kier molecular flexibility index (Phi) is 6.36. The minimum atomic E-state index is -4.40. The number of thioether (sulfide) groups is 1. The predicted molar refractivity (Wildman–Crippen MR) is 84.8 cm³/mol. The van der Waals surface area contributed by atoms with E-state index in [2.05, 4.69) is 5.32 Å². The number of benzene rings is 1. The number of carbonyl (C=O) groups is 1. The first-order valence-electron chi connectivity index (χ1n) is 7.31. The van der Waals surface area contributed by atoms with Gasteiger partial charge in [0, 0.05) is 25.2 Å². The van der Waals surface area contributed by atoms with Crippen molar-refractivity contribution in [3.05, 3.63) is 29.8 Å². The first-order chi connectivity index (χ1) is 11.3. The van der Waals surface area contributed by atoms with Gasteiger partial charge in [0.2, 0.25) is 5.91 Å². The fourth-order valence-corrected chi connectivity index (χ4v) is 3.14. The van der Waals surface area contributed by atoms with E-state index in [1.165, 1.54) is 17.0 Å². The number of hydrogen-bond donors (Lipinski definition) is 2. The molecule has 1 saturated heterocycles. The SMILES string of the molecule is CN(CC(O)COc1ccc(C(F)(F)F)cc1)C(=O)C1CSCN1. The lowest BCUT2D eigenvalue weighted by Gasteiger charge is -2.23. The third-order valence-electron chi connectivity index (χ3n) is 3.50. The summed E-state index contributed by atoms with van der Waals surface area (Å²) in [5, 5.41) is 13.0. The van der Waals surface area contributed by atoms with Crippen LogP contribution >= 0.6 is 11.8 Å². The topological polar surface area (TPSA) is 61.8 Å². The van der Waals surface area contributed by atoms with Crippen molar-refractivity contribution in [3.63, 3.8) is 0 Å². The summed E-state index contributed by atoms with van der Waals surface area (Å²) >= 11 is 1.63. The van der Waals surface area contributed by atoms with E-state index in [1.807, 2.05) is 0 Å². The summed E-state index contributed by atoms with van der Waals surface area (Å²) in [6.07, 6.45) is -5.33. The average Bonchev–Trinajstić information content (AvgIpc) is 3.06. The second kappa shape index (κ2) is 8.09. The fraction of sp³-hybridized carbons (Fsp3) is 0.533. The van der Waals surface area contributed by atoms with Crippen LogP contribution in [0.1, 0.15) is 5.56 Å². The standard InChI is InChI=1S/C15H19F3N2O3S/c1-20(14(22)13-8-24-9-19-13)6-11(21)7-23-12-4-2-10(3-5-12)15(16,17)18/h2-5,11,13,19,21H,6-9H2,1H3. The second-order valence-electron chi connectivity index (χ2n) is 5.48. The summed E-state index contributed by atoms with van der Waals surface area (Å²) in [7, 11) is 1.59. The lowest BCUT2D eigenvalue weighted by molar-refractivity contribution is -0.137. The predicted octanol–water partition coefficient (Wildman–Crippen LogP) is 1.57. The van der Waals surface area contributed by atoms with Gasteiger partial charge in [0.25, 0.3) is 0 Å². The zero-order valence-electron chi connectivity index (χ0n) is 13.0. The molecule has 134 valence electrons. The van der Waals surface area contributed by atoms with Crippen molar-refractivity contribution >= 4 is 17.7 Å². The van der Waals surface area contributed by atoms with Gasteiger partial charge in [-0.3, -0.25) is 10.1 Å². The molecule has 2 rings (SSSR count). The third kappa shape index (κ3) is 5.29. The summed E-state index contributed by atoms with van der Waals surface area (Å²) < 4.78 is 42.6. The van der Waals surface area contributed by atoms with Crippen LogP contribution in [-0.2, 0) is 11.0 Å². The Morgan fingerprint density at radius 1 is 1.46 bits per heavy atom. The highest BCUT2D eigenvalue weighted by Crippen LogP contribution is 2.30. The number of likely N-dealkylation sites (N-methyl/N-ethyl adjacent to an activating group) is 1. The molecule has 2 unspecified atom stereocenters. The Balaban J connectivity index is 1.78. The van der Waals surface area contributed by atoms with Gasteiger partial charge in [-0.1, -0.05) is 0 Å². The molecule has 0 bridgehead atoms. The van der Waals surface area contributed by atoms with Gasteiger partial charge in [0.15, 0.2) is 0 Å². The van der Waals surface area contributed by atoms with Crippen LogP contribution in [0.2, 0.25) is 0 Å². The van der Waals surface area contributed by atoms with Crippen molar-refractivity contribution in [2.45, 2.75) is 18.3 Å². The van der Waals surface area contributed by atoms with E-state index in [-0.39, 0.29) is 30.9 Å². The van der Waals surface area contributed by atoms with Gasteiger partial charge in [-0.05, 0) is 24.3 Å². The number of hydrogen-bond acceptors (Lipinski definition) is 5. The van der Waals surface area contributed by atoms with Crippen molar-refractivity contribution < 1.29 is 27.8 Å². The molecule has 2 N–H and O–H groups in total. The van der Waals surface area contributed by atoms with E-state index >= 15 is 0 Å². The third-order valence-corrected chi connectivity index (χ3v) is 4.44. The van der Waals surface area contributed by atoms with Crippen LogP contribution in [0.3, 0.4) is 0 Å². The molecule has 24 heavy (non-hydrogen) atoms. The van der Waals surface area contributed by atoms with Crippen LogP contribution in [0.15, 0.2) is 24.3 Å². The molecule has 1 amide bonds. The van der Waals surface area contributed by atoms with Crippen molar-refractivity contribution in [2.75, 3.05) is 31.8 Å². The number of ether oxygens (including phenoxy) is 1. The molecule has 1 aliphatic rings. The number of aliphatic hydroxyl groups excluding tert-OH is 1. The van der Waals surface area contributed by atoms with E-state index in [4.69, 9.17) is 4.74 Å². The molecular formula is C15H19F3N2O3S. The van der Waals surface area contributed by atoms with Crippen LogP contribution in [0, 0.1) is 0 Å². The van der Waals surface area contributed by atoms with E-state index in [0.29, 0.717) is 5.75 Å². The lowest BCUT2D eigenvalue weighted by Crippen LogP contribution is -2.46. The van der Waals surface area contributed by atoms with Crippen LogP contribution < -0.4 is 10.1 Å². The molecule has 1 aromatic carbocycles. The maximum atomic E-state index is 12.5. The highest BCUT2D eigenvalue weighted by molar-refractivity contribution is 7.99. The molecule has 0 aliphatic carbocycles. The number of amides is 1. The minimum absolute atomic E-state index is 0.0856. The normalized spacial score (nSPS) is 19.1. The highest BCUT2D eigenvalue weighted by Gasteiger charge is 2.30. The summed E-state index contributed by atoms with van der Waals surface area (Å²) in [6, 6.07) is 3.98. The van der Waals surface area contributed by atoms with E-state index in [0.717, 1.165) is 18.0 Å². The zero-order chi connectivity index (χ0) is 17.7. The Labute approximate surface area is 142 Å².